The molecule has 0 radical (unpaired) electrons. The number of aryl methyl sites for hydroxylation is 1. The van der Waals surface area contributed by atoms with Crippen molar-refractivity contribution in [1.29, 1.82) is 0 Å². The summed E-state index contributed by atoms with van der Waals surface area (Å²) in [5.41, 5.74) is 8.42. The van der Waals surface area contributed by atoms with Gasteiger partial charge in [-0.3, -0.25) is 10.1 Å². The molecular weight excluding hydrogens is 364 g/mol. The first kappa shape index (κ1) is 17.6. The van der Waals surface area contributed by atoms with Crippen molar-refractivity contribution in [2.24, 2.45) is 0 Å². The fourth-order valence-corrected chi connectivity index (χ4v) is 3.10. The van der Waals surface area contributed by atoms with Crippen LogP contribution in [0.4, 0.5) is 23.0 Å². The highest BCUT2D eigenvalue weighted by atomic mass is 16.6. The van der Waals surface area contributed by atoms with Crippen LogP contribution in [0.2, 0.25) is 0 Å². The summed E-state index contributed by atoms with van der Waals surface area (Å²) in [7, 11) is 0. The van der Waals surface area contributed by atoms with E-state index in [1.165, 1.54) is 0 Å². The number of hydrogen-bond donors (Lipinski definition) is 3. The Morgan fingerprint density at radius 2 is 1.93 bits per heavy atom. The van der Waals surface area contributed by atoms with Gasteiger partial charge in [0, 0.05) is 17.4 Å². The lowest BCUT2D eigenvalue weighted by atomic mass is 10.0. The van der Waals surface area contributed by atoms with E-state index in [-0.39, 0.29) is 11.5 Å². The number of aromatic nitrogens is 3. The maximum absolute atomic E-state index is 11.6. The molecule has 0 unspecified atom stereocenters. The maximum atomic E-state index is 11.6. The van der Waals surface area contributed by atoms with E-state index in [9.17, 15) is 10.1 Å². The molecule has 0 fully saturated rings. The van der Waals surface area contributed by atoms with Gasteiger partial charge in [-0.25, -0.2) is 0 Å². The molecule has 10 nitrogen and oxygen atoms in total. The van der Waals surface area contributed by atoms with Crippen LogP contribution in [0.25, 0.3) is 11.4 Å². The van der Waals surface area contributed by atoms with E-state index >= 15 is 0 Å². The van der Waals surface area contributed by atoms with Crippen molar-refractivity contribution in [1.82, 2.24) is 15.2 Å². The number of aromatic amines is 1. The van der Waals surface area contributed by atoms with Crippen LogP contribution in [-0.4, -0.2) is 33.3 Å². The number of H-pyrrole nitrogens is 1. The Morgan fingerprint density at radius 1 is 1.18 bits per heavy atom. The van der Waals surface area contributed by atoms with Crippen molar-refractivity contribution in [3.05, 3.63) is 45.5 Å². The lowest BCUT2D eigenvalue weighted by molar-refractivity contribution is -0.384. The summed E-state index contributed by atoms with van der Waals surface area (Å²) < 4.78 is 11.1. The quantitative estimate of drug-likeness (QED) is 0.355. The second kappa shape index (κ2) is 6.72. The van der Waals surface area contributed by atoms with E-state index in [4.69, 9.17) is 15.2 Å². The number of nitrogens with two attached hydrogens (primary N) is 1. The molecule has 0 saturated heterocycles. The number of fused-ring (bicyclic) bond motifs is 1. The molecule has 28 heavy (non-hydrogen) atoms. The molecule has 1 aliphatic heterocycles. The zero-order valence-corrected chi connectivity index (χ0v) is 15.3. The van der Waals surface area contributed by atoms with E-state index in [1.54, 1.807) is 32.0 Å². The Labute approximate surface area is 159 Å². The number of anilines is 3. The topological polar surface area (TPSA) is 141 Å². The highest BCUT2D eigenvalue weighted by Gasteiger charge is 2.24. The molecule has 0 atom stereocenters. The SMILES string of the molecule is Cc1cc(-c2nnc(Nc3ccc4c(c3)OCCO4)[nH]2)c([N+](=O)[O-])c(C)c1N. The van der Waals surface area contributed by atoms with Gasteiger partial charge in [0.2, 0.25) is 5.95 Å². The summed E-state index contributed by atoms with van der Waals surface area (Å²) in [6, 6.07) is 7.03. The van der Waals surface area contributed by atoms with Crippen molar-refractivity contribution < 1.29 is 14.4 Å². The Hall–Kier alpha value is -3.82. The van der Waals surface area contributed by atoms with Gasteiger partial charge in [0.15, 0.2) is 17.3 Å². The van der Waals surface area contributed by atoms with Gasteiger partial charge in [0.1, 0.15) is 13.2 Å². The Balaban J connectivity index is 1.66. The molecule has 144 valence electrons. The first-order chi connectivity index (χ1) is 13.4. The van der Waals surface area contributed by atoms with Crippen LogP contribution >= 0.6 is 0 Å². The van der Waals surface area contributed by atoms with Crippen LogP contribution in [-0.2, 0) is 0 Å². The number of ether oxygens (including phenoxy) is 2. The molecule has 0 spiro atoms. The van der Waals surface area contributed by atoms with Crippen LogP contribution in [0.5, 0.6) is 11.5 Å². The largest absolute Gasteiger partial charge is 0.486 e. The van der Waals surface area contributed by atoms with Crippen LogP contribution < -0.4 is 20.5 Å². The van der Waals surface area contributed by atoms with Gasteiger partial charge >= 0.3 is 0 Å². The van der Waals surface area contributed by atoms with Gasteiger partial charge in [-0.15, -0.1) is 10.2 Å². The Kier molecular flexibility index (Phi) is 4.22. The summed E-state index contributed by atoms with van der Waals surface area (Å²) in [6.45, 7) is 4.42. The summed E-state index contributed by atoms with van der Waals surface area (Å²) in [6.07, 6.45) is 0. The number of nitrogens with one attached hydrogen (secondary N) is 2. The number of nitrogens with zero attached hydrogens (tertiary/aromatic N) is 3. The molecular formula is C18H18N6O4. The molecule has 4 N–H and O–H groups in total. The monoisotopic (exact) mass is 382 g/mol. The van der Waals surface area contributed by atoms with Crippen molar-refractivity contribution >= 4 is 23.0 Å². The van der Waals surface area contributed by atoms with E-state index in [2.05, 4.69) is 20.5 Å². The lowest BCUT2D eigenvalue weighted by Crippen LogP contribution is -2.15. The molecule has 0 amide bonds. The fourth-order valence-electron chi connectivity index (χ4n) is 3.10. The number of hydrogen-bond acceptors (Lipinski definition) is 8. The normalized spacial score (nSPS) is 12.6. The third-order valence-corrected chi connectivity index (χ3v) is 4.53. The number of benzene rings is 2. The van der Waals surface area contributed by atoms with Gasteiger partial charge in [0.05, 0.1) is 16.1 Å². The van der Waals surface area contributed by atoms with Gasteiger partial charge in [-0.1, -0.05) is 0 Å². The minimum atomic E-state index is -0.461. The minimum Gasteiger partial charge on any atom is -0.486 e. The van der Waals surface area contributed by atoms with Gasteiger partial charge in [0.25, 0.3) is 5.69 Å². The smallest absolute Gasteiger partial charge is 0.285 e. The van der Waals surface area contributed by atoms with Gasteiger partial charge in [-0.05, 0) is 37.6 Å². The van der Waals surface area contributed by atoms with Crippen LogP contribution in [0.15, 0.2) is 24.3 Å². The fraction of sp³-hybridized carbons (Fsp3) is 0.222. The zero-order chi connectivity index (χ0) is 19.8. The van der Waals surface area contributed by atoms with Crippen molar-refractivity contribution in [2.75, 3.05) is 24.3 Å². The predicted molar refractivity (Wildman–Crippen MR) is 103 cm³/mol. The zero-order valence-electron chi connectivity index (χ0n) is 15.3. The molecule has 0 aliphatic carbocycles. The van der Waals surface area contributed by atoms with Crippen molar-refractivity contribution in [3.8, 4) is 22.9 Å². The van der Waals surface area contributed by atoms with Crippen molar-refractivity contribution in [2.45, 2.75) is 13.8 Å². The number of nitro benzene ring substituents is 1. The standard InChI is InChI=1S/C18H18N6O4/c1-9-7-12(16(24(25)26)10(2)15(9)19)17-21-18(23-22-17)20-11-3-4-13-14(8-11)28-6-5-27-13/h3-4,7-8H,5-6,19H2,1-2H3,(H2,20,21,22,23). The highest BCUT2D eigenvalue weighted by Crippen LogP contribution is 2.37. The average Bonchev–Trinajstić information content (AvgIpc) is 3.13. The molecule has 4 rings (SSSR count). The van der Waals surface area contributed by atoms with Gasteiger partial charge < -0.3 is 25.5 Å². The molecule has 2 heterocycles. The molecule has 0 saturated carbocycles. The van der Waals surface area contributed by atoms with E-state index in [0.29, 0.717) is 53.2 Å². The van der Waals surface area contributed by atoms with E-state index in [0.717, 1.165) is 5.56 Å². The Bertz CT molecular complexity index is 1080. The maximum Gasteiger partial charge on any atom is 0.285 e. The average molecular weight is 382 g/mol. The molecule has 1 aliphatic rings. The Morgan fingerprint density at radius 3 is 2.68 bits per heavy atom. The molecule has 10 heteroatoms. The van der Waals surface area contributed by atoms with Crippen LogP contribution in [0.1, 0.15) is 11.1 Å². The van der Waals surface area contributed by atoms with E-state index < -0.39 is 4.92 Å². The summed E-state index contributed by atoms with van der Waals surface area (Å²) in [5, 5.41) is 22.7. The number of nitrogen functional groups attached to an aromatic ring is 1. The second-order valence-electron chi connectivity index (χ2n) is 6.39. The predicted octanol–water partition coefficient (Wildman–Crippen LogP) is 3.09. The van der Waals surface area contributed by atoms with Gasteiger partial charge in [-0.2, -0.15) is 0 Å². The summed E-state index contributed by atoms with van der Waals surface area (Å²) in [4.78, 5) is 14.1. The second-order valence-corrected chi connectivity index (χ2v) is 6.39. The van der Waals surface area contributed by atoms with Crippen LogP contribution in [0.3, 0.4) is 0 Å². The lowest BCUT2D eigenvalue weighted by Gasteiger charge is -2.18. The highest BCUT2D eigenvalue weighted by molar-refractivity contribution is 5.78. The summed E-state index contributed by atoms with van der Waals surface area (Å²) >= 11 is 0. The molecule has 3 aromatic rings. The molecule has 0 bridgehead atoms. The van der Waals surface area contributed by atoms with E-state index in [1.807, 2.05) is 6.07 Å². The van der Waals surface area contributed by atoms with Crippen LogP contribution in [0, 0.1) is 24.0 Å². The molecule has 2 aromatic carbocycles. The third-order valence-electron chi connectivity index (χ3n) is 4.53. The molecule has 1 aromatic heterocycles. The third kappa shape index (κ3) is 3.04. The summed E-state index contributed by atoms with van der Waals surface area (Å²) in [5.74, 6) is 1.93. The number of nitro groups is 1. The van der Waals surface area contributed by atoms with Crippen molar-refractivity contribution in [3.63, 3.8) is 0 Å². The number of rotatable bonds is 4. The first-order valence-electron chi connectivity index (χ1n) is 8.58. The first-order valence-corrected chi connectivity index (χ1v) is 8.58. The minimum absolute atomic E-state index is 0.0925.